The molecule has 0 atom stereocenters. The number of pyridine rings is 1. The third-order valence-corrected chi connectivity index (χ3v) is 3.05. The van der Waals surface area contributed by atoms with Crippen LogP contribution in [0.4, 0.5) is 0 Å². The van der Waals surface area contributed by atoms with Crippen LogP contribution in [0.3, 0.4) is 0 Å². The molecule has 88 valence electrons. The SMILES string of the molecule is O=Cc1cc2ccccc2n1Cc1ccncc1. The first kappa shape index (κ1) is 10.7. The molecular weight excluding hydrogens is 224 g/mol. The van der Waals surface area contributed by atoms with Gasteiger partial charge in [0.25, 0.3) is 0 Å². The predicted octanol–water partition coefficient (Wildman–Crippen LogP) is 2.90. The summed E-state index contributed by atoms with van der Waals surface area (Å²) in [4.78, 5) is 15.2. The summed E-state index contributed by atoms with van der Waals surface area (Å²) in [6, 6.07) is 13.9. The predicted molar refractivity (Wildman–Crippen MR) is 70.7 cm³/mol. The van der Waals surface area contributed by atoms with Gasteiger partial charge < -0.3 is 4.57 Å². The average molecular weight is 236 g/mol. The van der Waals surface area contributed by atoms with E-state index in [-0.39, 0.29) is 0 Å². The summed E-state index contributed by atoms with van der Waals surface area (Å²) in [5.41, 5.74) is 2.92. The van der Waals surface area contributed by atoms with Gasteiger partial charge in [0.1, 0.15) is 0 Å². The van der Waals surface area contributed by atoms with Crippen molar-refractivity contribution in [3.63, 3.8) is 0 Å². The number of para-hydroxylation sites is 1. The molecule has 0 aliphatic heterocycles. The van der Waals surface area contributed by atoms with E-state index >= 15 is 0 Å². The van der Waals surface area contributed by atoms with E-state index in [2.05, 4.69) is 4.98 Å². The fourth-order valence-corrected chi connectivity index (χ4v) is 2.18. The molecule has 3 rings (SSSR count). The quantitative estimate of drug-likeness (QED) is 0.655. The number of benzene rings is 1. The molecule has 3 heteroatoms. The number of nitrogens with zero attached hydrogens (tertiary/aromatic N) is 2. The third-order valence-electron chi connectivity index (χ3n) is 3.05. The van der Waals surface area contributed by atoms with Gasteiger partial charge in [0.15, 0.2) is 6.29 Å². The first-order valence-corrected chi connectivity index (χ1v) is 5.81. The molecule has 0 unspecified atom stereocenters. The van der Waals surface area contributed by atoms with Crippen LogP contribution in [0.25, 0.3) is 10.9 Å². The van der Waals surface area contributed by atoms with Gasteiger partial charge in [-0.2, -0.15) is 0 Å². The van der Waals surface area contributed by atoms with Crippen molar-refractivity contribution in [3.05, 3.63) is 66.1 Å². The van der Waals surface area contributed by atoms with E-state index in [1.54, 1.807) is 12.4 Å². The maximum absolute atomic E-state index is 11.2. The average Bonchev–Trinajstić information content (AvgIpc) is 2.78. The van der Waals surface area contributed by atoms with E-state index in [0.717, 1.165) is 22.8 Å². The molecule has 0 saturated carbocycles. The Morgan fingerprint density at radius 3 is 2.67 bits per heavy atom. The Balaban J connectivity index is 2.12. The fraction of sp³-hybridized carbons (Fsp3) is 0.0667. The number of hydrogen-bond donors (Lipinski definition) is 0. The largest absolute Gasteiger partial charge is 0.334 e. The molecule has 1 aromatic carbocycles. The topological polar surface area (TPSA) is 34.9 Å². The molecule has 0 spiro atoms. The Morgan fingerprint density at radius 1 is 1.11 bits per heavy atom. The van der Waals surface area contributed by atoms with Gasteiger partial charge in [-0.25, -0.2) is 0 Å². The molecule has 18 heavy (non-hydrogen) atoms. The molecule has 0 aliphatic rings. The molecule has 0 aliphatic carbocycles. The molecule has 0 amide bonds. The van der Waals surface area contributed by atoms with Crippen molar-refractivity contribution < 1.29 is 4.79 Å². The second kappa shape index (κ2) is 4.45. The number of hydrogen-bond acceptors (Lipinski definition) is 2. The van der Waals surface area contributed by atoms with Gasteiger partial charge in [-0.3, -0.25) is 9.78 Å². The standard InChI is InChI=1S/C15H12N2O/c18-11-14-9-13-3-1-2-4-15(13)17(14)10-12-5-7-16-8-6-12/h1-9,11H,10H2. The lowest BCUT2D eigenvalue weighted by Crippen LogP contribution is -2.03. The van der Waals surface area contributed by atoms with Gasteiger partial charge in [-0.15, -0.1) is 0 Å². The van der Waals surface area contributed by atoms with Gasteiger partial charge in [0.2, 0.25) is 0 Å². The van der Waals surface area contributed by atoms with E-state index in [1.807, 2.05) is 47.0 Å². The minimum absolute atomic E-state index is 0.685. The first-order chi connectivity index (χ1) is 8.88. The minimum atomic E-state index is 0.685. The Kier molecular flexibility index (Phi) is 2.65. The maximum atomic E-state index is 11.2. The smallest absolute Gasteiger partial charge is 0.166 e. The monoisotopic (exact) mass is 236 g/mol. The molecule has 2 heterocycles. The van der Waals surface area contributed by atoms with Crippen LogP contribution in [0.15, 0.2) is 54.9 Å². The van der Waals surface area contributed by atoms with Crippen molar-refractivity contribution in [1.82, 2.24) is 9.55 Å². The second-order valence-electron chi connectivity index (χ2n) is 4.19. The number of rotatable bonds is 3. The lowest BCUT2D eigenvalue weighted by molar-refractivity contribution is 0.111. The van der Waals surface area contributed by atoms with Crippen molar-refractivity contribution in [2.75, 3.05) is 0 Å². The summed E-state index contributed by atoms with van der Waals surface area (Å²) in [5, 5.41) is 1.09. The highest BCUT2D eigenvalue weighted by Gasteiger charge is 2.07. The van der Waals surface area contributed by atoms with Crippen LogP contribution in [0.5, 0.6) is 0 Å². The zero-order chi connectivity index (χ0) is 12.4. The van der Waals surface area contributed by atoms with E-state index in [0.29, 0.717) is 12.2 Å². The zero-order valence-electron chi connectivity index (χ0n) is 9.78. The number of aldehydes is 1. The van der Waals surface area contributed by atoms with Crippen LogP contribution in [0.1, 0.15) is 16.1 Å². The van der Waals surface area contributed by atoms with Gasteiger partial charge in [-0.05, 0) is 29.8 Å². The van der Waals surface area contributed by atoms with Crippen molar-refractivity contribution in [2.24, 2.45) is 0 Å². The van der Waals surface area contributed by atoms with Gasteiger partial charge in [0.05, 0.1) is 5.69 Å². The highest BCUT2D eigenvalue weighted by atomic mass is 16.1. The van der Waals surface area contributed by atoms with E-state index in [9.17, 15) is 4.79 Å². The van der Waals surface area contributed by atoms with Gasteiger partial charge >= 0.3 is 0 Å². The van der Waals surface area contributed by atoms with Crippen molar-refractivity contribution in [3.8, 4) is 0 Å². The van der Waals surface area contributed by atoms with E-state index in [4.69, 9.17) is 0 Å². The molecule has 0 fully saturated rings. The lowest BCUT2D eigenvalue weighted by atomic mass is 10.2. The molecule has 3 nitrogen and oxygen atoms in total. The Bertz CT molecular complexity index is 686. The van der Waals surface area contributed by atoms with E-state index in [1.165, 1.54) is 0 Å². The lowest BCUT2D eigenvalue weighted by Gasteiger charge is -2.07. The molecule has 0 bridgehead atoms. The Hall–Kier alpha value is -2.42. The van der Waals surface area contributed by atoms with Gasteiger partial charge in [-0.1, -0.05) is 18.2 Å². The Morgan fingerprint density at radius 2 is 1.89 bits per heavy atom. The highest BCUT2D eigenvalue weighted by Crippen LogP contribution is 2.20. The summed E-state index contributed by atoms with van der Waals surface area (Å²) >= 11 is 0. The molecule has 0 saturated heterocycles. The molecule has 0 radical (unpaired) electrons. The highest BCUT2D eigenvalue weighted by molar-refractivity contribution is 5.88. The maximum Gasteiger partial charge on any atom is 0.166 e. The van der Waals surface area contributed by atoms with Crippen LogP contribution in [-0.2, 0) is 6.54 Å². The normalized spacial score (nSPS) is 10.7. The van der Waals surface area contributed by atoms with Crippen molar-refractivity contribution >= 4 is 17.2 Å². The summed E-state index contributed by atoms with van der Waals surface area (Å²) < 4.78 is 2.03. The first-order valence-electron chi connectivity index (χ1n) is 5.81. The molecule has 3 aromatic rings. The van der Waals surface area contributed by atoms with Gasteiger partial charge in [0, 0.05) is 29.8 Å². The van der Waals surface area contributed by atoms with Crippen LogP contribution < -0.4 is 0 Å². The molecular formula is C15H12N2O. The fourth-order valence-electron chi connectivity index (χ4n) is 2.18. The van der Waals surface area contributed by atoms with Crippen LogP contribution >= 0.6 is 0 Å². The van der Waals surface area contributed by atoms with Crippen molar-refractivity contribution in [2.45, 2.75) is 6.54 Å². The number of carbonyl (C=O) groups is 1. The zero-order valence-corrected chi connectivity index (χ0v) is 9.78. The number of carbonyl (C=O) groups excluding carboxylic acids is 1. The van der Waals surface area contributed by atoms with Crippen molar-refractivity contribution in [1.29, 1.82) is 0 Å². The summed E-state index contributed by atoms with van der Waals surface area (Å²) in [6.07, 6.45) is 4.43. The molecule has 2 aromatic heterocycles. The van der Waals surface area contributed by atoms with Crippen LogP contribution in [0.2, 0.25) is 0 Å². The number of aromatic nitrogens is 2. The van der Waals surface area contributed by atoms with E-state index < -0.39 is 0 Å². The summed E-state index contributed by atoms with van der Waals surface area (Å²) in [7, 11) is 0. The number of fused-ring (bicyclic) bond motifs is 1. The molecule has 0 N–H and O–H groups in total. The summed E-state index contributed by atoms with van der Waals surface area (Å²) in [6.45, 7) is 0.685. The Labute approximate surface area is 105 Å². The third kappa shape index (κ3) is 1.80. The minimum Gasteiger partial charge on any atom is -0.334 e. The van der Waals surface area contributed by atoms with Crippen LogP contribution in [0, 0.1) is 0 Å². The summed E-state index contributed by atoms with van der Waals surface area (Å²) in [5.74, 6) is 0. The second-order valence-corrected chi connectivity index (χ2v) is 4.19. The van der Waals surface area contributed by atoms with Crippen LogP contribution in [-0.4, -0.2) is 15.8 Å².